The molecular formula is C9H11NO. The van der Waals surface area contributed by atoms with Crippen LogP contribution in [-0.2, 0) is 0 Å². The molecule has 1 aromatic rings. The van der Waals surface area contributed by atoms with Crippen LogP contribution < -0.4 is 5.32 Å². The quantitative estimate of drug-likeness (QED) is 0.644. The van der Waals surface area contributed by atoms with Crippen LogP contribution in [0.1, 0.15) is 0 Å². The van der Waals surface area contributed by atoms with Crippen LogP contribution in [0, 0.1) is 0 Å². The Hall–Kier alpha value is -1.44. The summed E-state index contributed by atoms with van der Waals surface area (Å²) in [6, 6.07) is 6.99. The van der Waals surface area contributed by atoms with Crippen LogP contribution in [0.15, 0.2) is 36.9 Å². The van der Waals surface area contributed by atoms with Crippen LogP contribution in [0.2, 0.25) is 0 Å². The predicted molar refractivity (Wildman–Crippen MR) is 46.8 cm³/mol. The van der Waals surface area contributed by atoms with E-state index in [4.69, 9.17) is 5.11 Å². The third-order valence-electron chi connectivity index (χ3n) is 1.30. The van der Waals surface area contributed by atoms with Crippen LogP contribution in [0.4, 0.5) is 5.69 Å². The van der Waals surface area contributed by atoms with Gasteiger partial charge in [0.05, 0.1) is 0 Å². The highest BCUT2D eigenvalue weighted by Gasteiger charge is 1.89. The van der Waals surface area contributed by atoms with Crippen molar-refractivity contribution in [1.29, 1.82) is 0 Å². The molecule has 0 aromatic heterocycles. The molecule has 2 heteroatoms. The molecule has 58 valence electrons. The molecule has 2 nitrogen and oxygen atoms in total. The number of nitrogens with one attached hydrogen (secondary N) is 1. The topological polar surface area (TPSA) is 32.3 Å². The largest absolute Gasteiger partial charge is 0.508 e. The minimum atomic E-state index is 0.277. The van der Waals surface area contributed by atoms with E-state index in [0.29, 0.717) is 6.54 Å². The average Bonchev–Trinajstić information content (AvgIpc) is 2.01. The smallest absolute Gasteiger partial charge is 0.117 e. The highest BCUT2D eigenvalue weighted by atomic mass is 16.3. The first-order valence-corrected chi connectivity index (χ1v) is 3.47. The minimum absolute atomic E-state index is 0.277. The summed E-state index contributed by atoms with van der Waals surface area (Å²) < 4.78 is 0. The molecule has 0 aliphatic carbocycles. The van der Waals surface area contributed by atoms with Gasteiger partial charge < -0.3 is 10.4 Å². The Bertz CT molecular complexity index is 245. The molecule has 0 heterocycles. The molecule has 0 radical (unpaired) electrons. The van der Waals surface area contributed by atoms with Crippen molar-refractivity contribution < 1.29 is 5.11 Å². The SMILES string of the molecule is C=CCNc1cccc(O)c1. The van der Waals surface area contributed by atoms with E-state index in [2.05, 4.69) is 11.9 Å². The van der Waals surface area contributed by atoms with Gasteiger partial charge in [-0.25, -0.2) is 0 Å². The normalized spacial score (nSPS) is 9.09. The van der Waals surface area contributed by atoms with Crippen molar-refractivity contribution >= 4 is 5.69 Å². The predicted octanol–water partition coefficient (Wildman–Crippen LogP) is 1.99. The lowest BCUT2D eigenvalue weighted by atomic mass is 10.3. The Morgan fingerprint density at radius 3 is 3.00 bits per heavy atom. The first kappa shape index (κ1) is 7.66. The van der Waals surface area contributed by atoms with Crippen molar-refractivity contribution in [2.45, 2.75) is 0 Å². The summed E-state index contributed by atoms with van der Waals surface area (Å²) in [5.41, 5.74) is 0.907. The zero-order valence-electron chi connectivity index (χ0n) is 6.25. The Kier molecular flexibility index (Phi) is 2.55. The third kappa shape index (κ3) is 2.34. The average molecular weight is 149 g/mol. The van der Waals surface area contributed by atoms with Gasteiger partial charge in [-0.2, -0.15) is 0 Å². The van der Waals surface area contributed by atoms with Crippen molar-refractivity contribution in [2.24, 2.45) is 0 Å². The maximum atomic E-state index is 9.05. The maximum Gasteiger partial charge on any atom is 0.117 e. The minimum Gasteiger partial charge on any atom is -0.508 e. The number of phenols is 1. The first-order valence-electron chi connectivity index (χ1n) is 3.47. The molecule has 0 bridgehead atoms. The van der Waals surface area contributed by atoms with Crippen molar-refractivity contribution in [3.8, 4) is 5.75 Å². The molecule has 0 unspecified atom stereocenters. The molecule has 11 heavy (non-hydrogen) atoms. The van der Waals surface area contributed by atoms with Gasteiger partial charge >= 0.3 is 0 Å². The lowest BCUT2D eigenvalue weighted by Crippen LogP contribution is -1.96. The summed E-state index contributed by atoms with van der Waals surface area (Å²) in [6.45, 7) is 4.28. The fourth-order valence-corrected chi connectivity index (χ4v) is 0.806. The highest BCUT2D eigenvalue weighted by molar-refractivity contribution is 5.47. The molecule has 0 amide bonds. The fraction of sp³-hybridized carbons (Fsp3) is 0.111. The van der Waals surface area contributed by atoms with Crippen molar-refractivity contribution in [3.63, 3.8) is 0 Å². The van der Waals surface area contributed by atoms with Crippen molar-refractivity contribution in [3.05, 3.63) is 36.9 Å². The van der Waals surface area contributed by atoms with E-state index in [1.807, 2.05) is 6.07 Å². The summed E-state index contributed by atoms with van der Waals surface area (Å²) in [4.78, 5) is 0. The van der Waals surface area contributed by atoms with E-state index < -0.39 is 0 Å². The van der Waals surface area contributed by atoms with Crippen LogP contribution >= 0.6 is 0 Å². The van der Waals surface area contributed by atoms with Gasteiger partial charge in [-0.05, 0) is 12.1 Å². The first-order chi connectivity index (χ1) is 5.33. The fourth-order valence-electron chi connectivity index (χ4n) is 0.806. The van der Waals surface area contributed by atoms with Gasteiger partial charge in [0.1, 0.15) is 5.75 Å². The third-order valence-corrected chi connectivity index (χ3v) is 1.30. The van der Waals surface area contributed by atoms with Crippen LogP contribution in [-0.4, -0.2) is 11.7 Å². The van der Waals surface area contributed by atoms with Gasteiger partial charge in [-0.15, -0.1) is 6.58 Å². The summed E-state index contributed by atoms with van der Waals surface area (Å²) in [7, 11) is 0. The van der Waals surface area contributed by atoms with E-state index in [9.17, 15) is 0 Å². The van der Waals surface area contributed by atoms with Crippen molar-refractivity contribution in [1.82, 2.24) is 0 Å². The number of aromatic hydroxyl groups is 1. The molecule has 0 spiro atoms. The van der Waals surface area contributed by atoms with Crippen LogP contribution in [0.25, 0.3) is 0 Å². The second-order valence-corrected chi connectivity index (χ2v) is 2.22. The monoisotopic (exact) mass is 149 g/mol. The highest BCUT2D eigenvalue weighted by Crippen LogP contribution is 2.14. The Balaban J connectivity index is 2.63. The Labute approximate surface area is 66.2 Å². The van der Waals surface area contributed by atoms with E-state index in [-0.39, 0.29) is 5.75 Å². The molecule has 1 aromatic carbocycles. The number of hydrogen-bond acceptors (Lipinski definition) is 2. The Morgan fingerprint density at radius 2 is 2.36 bits per heavy atom. The summed E-state index contributed by atoms with van der Waals surface area (Å²) >= 11 is 0. The van der Waals surface area contributed by atoms with E-state index in [1.165, 1.54) is 0 Å². The van der Waals surface area contributed by atoms with Crippen LogP contribution in [0.3, 0.4) is 0 Å². The molecule has 0 aliphatic rings. The summed E-state index contributed by atoms with van der Waals surface area (Å²) in [5.74, 6) is 0.277. The van der Waals surface area contributed by atoms with Gasteiger partial charge in [-0.3, -0.25) is 0 Å². The molecule has 0 aliphatic heterocycles. The molecule has 1 rings (SSSR count). The van der Waals surface area contributed by atoms with Gasteiger partial charge in [0.2, 0.25) is 0 Å². The zero-order chi connectivity index (χ0) is 8.10. The lowest BCUT2D eigenvalue weighted by molar-refractivity contribution is 0.475. The number of rotatable bonds is 3. The molecule has 0 fully saturated rings. The molecular weight excluding hydrogens is 138 g/mol. The number of phenolic OH excluding ortho intramolecular Hbond substituents is 1. The molecule has 0 saturated heterocycles. The van der Waals surface area contributed by atoms with E-state index >= 15 is 0 Å². The number of benzene rings is 1. The molecule has 0 saturated carbocycles. The lowest BCUT2D eigenvalue weighted by Gasteiger charge is -2.01. The van der Waals surface area contributed by atoms with Gasteiger partial charge in [0.25, 0.3) is 0 Å². The Morgan fingerprint density at radius 1 is 1.55 bits per heavy atom. The van der Waals surface area contributed by atoms with Gasteiger partial charge in [-0.1, -0.05) is 12.1 Å². The molecule has 0 atom stereocenters. The maximum absolute atomic E-state index is 9.05. The van der Waals surface area contributed by atoms with Gasteiger partial charge in [0, 0.05) is 18.3 Å². The number of hydrogen-bond donors (Lipinski definition) is 2. The standard InChI is InChI=1S/C9H11NO/c1-2-6-10-8-4-3-5-9(11)7-8/h2-5,7,10-11H,1,6H2. The van der Waals surface area contributed by atoms with Gasteiger partial charge in [0.15, 0.2) is 0 Å². The van der Waals surface area contributed by atoms with E-state index in [0.717, 1.165) is 5.69 Å². The molecule has 2 N–H and O–H groups in total. The second-order valence-electron chi connectivity index (χ2n) is 2.22. The van der Waals surface area contributed by atoms with Crippen LogP contribution in [0.5, 0.6) is 5.75 Å². The van der Waals surface area contributed by atoms with E-state index in [1.54, 1.807) is 24.3 Å². The number of anilines is 1. The van der Waals surface area contributed by atoms with Crippen molar-refractivity contribution in [2.75, 3.05) is 11.9 Å². The summed E-state index contributed by atoms with van der Waals surface area (Å²) in [6.07, 6.45) is 1.77. The second kappa shape index (κ2) is 3.66. The zero-order valence-corrected chi connectivity index (χ0v) is 6.25. The summed E-state index contributed by atoms with van der Waals surface area (Å²) in [5, 5.41) is 12.1.